The average Bonchev–Trinajstić information content (AvgIpc) is 2.70. The normalized spacial score (nSPS) is 18.7. The standard InChI is InChI=1S/C15H19FN2O2/c1-10(2)7-14(19)17-12-8-15(20)18(9-12)13-5-3-11(16)4-6-13/h3-6,10,12H,7-9H2,1-2H3,(H,17,19)/t12-/m0/s1. The molecule has 1 heterocycles. The first-order valence-electron chi connectivity index (χ1n) is 6.81. The van der Waals surface area contributed by atoms with Crippen LogP contribution in [0.5, 0.6) is 0 Å². The van der Waals surface area contributed by atoms with Gasteiger partial charge in [-0.15, -0.1) is 0 Å². The summed E-state index contributed by atoms with van der Waals surface area (Å²) in [4.78, 5) is 25.3. The third-order valence-corrected chi connectivity index (χ3v) is 3.22. The second-order valence-corrected chi connectivity index (χ2v) is 5.55. The molecule has 0 aliphatic carbocycles. The quantitative estimate of drug-likeness (QED) is 0.917. The van der Waals surface area contributed by atoms with Gasteiger partial charge in [0.1, 0.15) is 5.82 Å². The van der Waals surface area contributed by atoms with Crippen LogP contribution in [0.4, 0.5) is 10.1 Å². The number of carbonyl (C=O) groups excluding carboxylic acids is 2. The minimum Gasteiger partial charge on any atom is -0.351 e. The van der Waals surface area contributed by atoms with Crippen LogP contribution in [0.3, 0.4) is 0 Å². The smallest absolute Gasteiger partial charge is 0.229 e. The number of anilines is 1. The van der Waals surface area contributed by atoms with Crippen molar-refractivity contribution in [2.24, 2.45) is 5.92 Å². The number of carbonyl (C=O) groups is 2. The number of benzene rings is 1. The summed E-state index contributed by atoms with van der Waals surface area (Å²) in [6.45, 7) is 4.39. The van der Waals surface area contributed by atoms with Gasteiger partial charge in [-0.05, 0) is 30.2 Å². The zero-order chi connectivity index (χ0) is 14.7. The van der Waals surface area contributed by atoms with Crippen molar-refractivity contribution in [1.82, 2.24) is 5.32 Å². The summed E-state index contributed by atoms with van der Waals surface area (Å²) < 4.78 is 12.9. The van der Waals surface area contributed by atoms with Crippen LogP contribution in [0.25, 0.3) is 0 Å². The topological polar surface area (TPSA) is 49.4 Å². The van der Waals surface area contributed by atoms with Crippen LogP contribution in [0.15, 0.2) is 24.3 Å². The minimum atomic E-state index is -0.331. The van der Waals surface area contributed by atoms with E-state index in [1.807, 2.05) is 13.8 Å². The molecule has 1 atom stereocenters. The predicted octanol–water partition coefficient (Wildman–Crippen LogP) is 2.09. The molecule has 0 saturated carbocycles. The van der Waals surface area contributed by atoms with Crippen molar-refractivity contribution >= 4 is 17.5 Å². The molecule has 1 N–H and O–H groups in total. The maximum absolute atomic E-state index is 12.9. The van der Waals surface area contributed by atoms with Crippen molar-refractivity contribution in [1.29, 1.82) is 0 Å². The van der Waals surface area contributed by atoms with Crippen LogP contribution in [-0.2, 0) is 9.59 Å². The molecule has 5 heteroatoms. The van der Waals surface area contributed by atoms with Crippen LogP contribution >= 0.6 is 0 Å². The van der Waals surface area contributed by atoms with Gasteiger partial charge in [0.25, 0.3) is 0 Å². The summed E-state index contributed by atoms with van der Waals surface area (Å²) in [6.07, 6.45) is 0.752. The van der Waals surface area contributed by atoms with Gasteiger partial charge < -0.3 is 10.2 Å². The van der Waals surface area contributed by atoms with E-state index in [0.717, 1.165) is 0 Å². The number of nitrogens with one attached hydrogen (secondary N) is 1. The Kier molecular flexibility index (Phi) is 4.37. The molecule has 0 bridgehead atoms. The van der Waals surface area contributed by atoms with Gasteiger partial charge in [0.05, 0.1) is 6.04 Å². The van der Waals surface area contributed by atoms with Crippen LogP contribution in [0.1, 0.15) is 26.7 Å². The number of rotatable bonds is 4. The lowest BCUT2D eigenvalue weighted by Gasteiger charge is -2.17. The minimum absolute atomic E-state index is 0.0289. The number of amides is 2. The number of hydrogen-bond acceptors (Lipinski definition) is 2. The summed E-state index contributed by atoms with van der Waals surface area (Å²) in [5, 5.41) is 2.88. The first kappa shape index (κ1) is 14.5. The van der Waals surface area contributed by atoms with Crippen molar-refractivity contribution in [3.8, 4) is 0 Å². The summed E-state index contributed by atoms with van der Waals surface area (Å²) in [5.41, 5.74) is 0.664. The highest BCUT2D eigenvalue weighted by Crippen LogP contribution is 2.21. The van der Waals surface area contributed by atoms with Crippen LogP contribution < -0.4 is 10.2 Å². The molecule has 1 saturated heterocycles. The fourth-order valence-electron chi connectivity index (χ4n) is 2.33. The van der Waals surface area contributed by atoms with Crippen molar-refractivity contribution in [2.75, 3.05) is 11.4 Å². The maximum Gasteiger partial charge on any atom is 0.229 e. The van der Waals surface area contributed by atoms with Crippen molar-refractivity contribution in [2.45, 2.75) is 32.7 Å². The summed E-state index contributed by atoms with van der Waals surface area (Å²) in [7, 11) is 0. The van der Waals surface area contributed by atoms with Crippen LogP contribution in [-0.4, -0.2) is 24.4 Å². The van der Waals surface area contributed by atoms with E-state index in [9.17, 15) is 14.0 Å². The molecule has 2 rings (SSSR count). The van der Waals surface area contributed by atoms with E-state index in [-0.39, 0.29) is 23.7 Å². The van der Waals surface area contributed by atoms with Gasteiger partial charge in [0.2, 0.25) is 11.8 Å². The van der Waals surface area contributed by atoms with Gasteiger partial charge in [0, 0.05) is 25.1 Å². The Morgan fingerprint density at radius 1 is 1.40 bits per heavy atom. The van der Waals surface area contributed by atoms with E-state index in [0.29, 0.717) is 31.0 Å². The number of nitrogens with zero attached hydrogens (tertiary/aromatic N) is 1. The Morgan fingerprint density at radius 3 is 2.65 bits per heavy atom. The van der Waals surface area contributed by atoms with E-state index in [1.165, 1.54) is 12.1 Å². The highest BCUT2D eigenvalue weighted by molar-refractivity contribution is 5.96. The zero-order valence-corrected chi connectivity index (χ0v) is 11.7. The number of halogens is 1. The highest BCUT2D eigenvalue weighted by atomic mass is 19.1. The van der Waals surface area contributed by atoms with Gasteiger partial charge >= 0.3 is 0 Å². The summed E-state index contributed by atoms with van der Waals surface area (Å²) in [6, 6.07) is 5.64. The SMILES string of the molecule is CC(C)CC(=O)N[C@H]1CC(=O)N(c2ccc(F)cc2)C1. The molecule has 0 aromatic heterocycles. The van der Waals surface area contributed by atoms with E-state index >= 15 is 0 Å². The second-order valence-electron chi connectivity index (χ2n) is 5.55. The Morgan fingerprint density at radius 2 is 2.05 bits per heavy atom. The molecular formula is C15H19FN2O2. The average molecular weight is 278 g/mol. The number of hydrogen-bond donors (Lipinski definition) is 1. The van der Waals surface area contributed by atoms with E-state index in [4.69, 9.17) is 0 Å². The third kappa shape index (κ3) is 3.56. The monoisotopic (exact) mass is 278 g/mol. The first-order valence-corrected chi connectivity index (χ1v) is 6.81. The molecule has 1 aromatic rings. The molecule has 2 amide bonds. The Labute approximate surface area is 118 Å². The predicted molar refractivity (Wildman–Crippen MR) is 74.8 cm³/mol. The lowest BCUT2D eigenvalue weighted by atomic mass is 10.1. The van der Waals surface area contributed by atoms with E-state index in [1.54, 1.807) is 17.0 Å². The van der Waals surface area contributed by atoms with Gasteiger partial charge in [-0.1, -0.05) is 13.8 Å². The first-order chi connectivity index (χ1) is 9.45. The molecule has 0 unspecified atom stereocenters. The summed E-state index contributed by atoms with van der Waals surface area (Å²) in [5.74, 6) is -0.118. The molecule has 1 aromatic carbocycles. The Bertz CT molecular complexity index is 499. The van der Waals surface area contributed by atoms with Crippen LogP contribution in [0, 0.1) is 11.7 Å². The molecule has 20 heavy (non-hydrogen) atoms. The molecule has 108 valence electrons. The second kappa shape index (κ2) is 6.03. The largest absolute Gasteiger partial charge is 0.351 e. The molecule has 1 fully saturated rings. The van der Waals surface area contributed by atoms with Crippen molar-refractivity contribution in [3.05, 3.63) is 30.1 Å². The lowest BCUT2D eigenvalue weighted by Crippen LogP contribution is -2.37. The Balaban J connectivity index is 1.97. The highest BCUT2D eigenvalue weighted by Gasteiger charge is 2.31. The van der Waals surface area contributed by atoms with Gasteiger partial charge in [0.15, 0.2) is 0 Å². The van der Waals surface area contributed by atoms with Gasteiger partial charge in [-0.3, -0.25) is 9.59 Å². The fraction of sp³-hybridized carbons (Fsp3) is 0.467. The zero-order valence-electron chi connectivity index (χ0n) is 11.7. The maximum atomic E-state index is 12.9. The summed E-state index contributed by atoms with van der Waals surface area (Å²) >= 11 is 0. The molecule has 1 aliphatic rings. The van der Waals surface area contributed by atoms with Crippen LogP contribution in [0.2, 0.25) is 0 Å². The van der Waals surface area contributed by atoms with Gasteiger partial charge in [-0.2, -0.15) is 0 Å². The Hall–Kier alpha value is -1.91. The van der Waals surface area contributed by atoms with Gasteiger partial charge in [-0.25, -0.2) is 4.39 Å². The van der Waals surface area contributed by atoms with Crippen molar-refractivity contribution in [3.63, 3.8) is 0 Å². The fourth-order valence-corrected chi connectivity index (χ4v) is 2.33. The third-order valence-electron chi connectivity index (χ3n) is 3.22. The molecule has 0 radical (unpaired) electrons. The van der Waals surface area contributed by atoms with Crippen molar-refractivity contribution < 1.29 is 14.0 Å². The molecule has 4 nitrogen and oxygen atoms in total. The molecule has 1 aliphatic heterocycles. The van der Waals surface area contributed by atoms with E-state index in [2.05, 4.69) is 5.32 Å². The van der Waals surface area contributed by atoms with E-state index < -0.39 is 0 Å². The molecular weight excluding hydrogens is 259 g/mol. The molecule has 0 spiro atoms. The lowest BCUT2D eigenvalue weighted by molar-refractivity contribution is -0.122.